The van der Waals surface area contributed by atoms with Crippen molar-refractivity contribution in [1.29, 1.82) is 0 Å². The summed E-state index contributed by atoms with van der Waals surface area (Å²) in [6.07, 6.45) is 0. The minimum Gasteiger partial charge on any atom is -0.497 e. The van der Waals surface area contributed by atoms with Crippen LogP contribution in [0.3, 0.4) is 0 Å². The molecule has 1 N–H and O–H groups in total. The number of para-hydroxylation sites is 1. The van der Waals surface area contributed by atoms with Crippen molar-refractivity contribution in [3.8, 4) is 5.75 Å². The Morgan fingerprint density at radius 1 is 1.19 bits per heavy atom. The van der Waals surface area contributed by atoms with Gasteiger partial charge in [-0.1, -0.05) is 41.3 Å². The predicted molar refractivity (Wildman–Crippen MR) is 125 cm³/mol. The zero-order valence-corrected chi connectivity index (χ0v) is 18.8. The maximum absolute atomic E-state index is 12.8. The Labute approximate surface area is 186 Å². The molecule has 156 valence electrons. The van der Waals surface area contributed by atoms with Crippen LogP contribution in [-0.2, 0) is 4.79 Å². The van der Waals surface area contributed by atoms with Crippen LogP contribution in [0.25, 0.3) is 26.8 Å². The third-order valence-corrected chi connectivity index (χ3v) is 7.03. The molecule has 5 aromatic rings. The molecular formula is C22H19N5O2S2. The SMILES string of the molecule is COc1ccc2nc(NC(=O)C(C)Sc3nnc4cc(C)c5ccccc5n34)sc2c1. The molecule has 2 aromatic carbocycles. The zero-order chi connectivity index (χ0) is 21.5. The summed E-state index contributed by atoms with van der Waals surface area (Å²) < 4.78 is 8.21. The quantitative estimate of drug-likeness (QED) is 0.383. The summed E-state index contributed by atoms with van der Waals surface area (Å²) in [5.41, 5.74) is 3.76. The van der Waals surface area contributed by atoms with Gasteiger partial charge in [0.1, 0.15) is 5.75 Å². The third-order valence-electron chi connectivity index (χ3n) is 5.05. The van der Waals surface area contributed by atoms with E-state index in [-0.39, 0.29) is 11.2 Å². The van der Waals surface area contributed by atoms with Gasteiger partial charge in [0.25, 0.3) is 0 Å². The molecule has 0 bridgehead atoms. The number of fused-ring (bicyclic) bond motifs is 4. The van der Waals surface area contributed by atoms with Crippen LogP contribution in [0.5, 0.6) is 5.75 Å². The van der Waals surface area contributed by atoms with Gasteiger partial charge in [-0.3, -0.25) is 9.20 Å². The zero-order valence-electron chi connectivity index (χ0n) is 17.1. The van der Waals surface area contributed by atoms with Crippen molar-refractivity contribution in [2.75, 3.05) is 12.4 Å². The van der Waals surface area contributed by atoms with Gasteiger partial charge < -0.3 is 10.1 Å². The van der Waals surface area contributed by atoms with E-state index in [0.29, 0.717) is 10.3 Å². The molecule has 0 saturated heterocycles. The smallest absolute Gasteiger partial charge is 0.239 e. The summed E-state index contributed by atoms with van der Waals surface area (Å²) >= 11 is 2.80. The predicted octanol–water partition coefficient (Wildman–Crippen LogP) is 4.93. The van der Waals surface area contributed by atoms with Crippen molar-refractivity contribution in [1.82, 2.24) is 19.6 Å². The van der Waals surface area contributed by atoms with E-state index in [1.807, 2.05) is 53.8 Å². The third kappa shape index (κ3) is 3.60. The van der Waals surface area contributed by atoms with Crippen molar-refractivity contribution in [3.63, 3.8) is 0 Å². The van der Waals surface area contributed by atoms with Crippen molar-refractivity contribution >= 4 is 60.9 Å². The Morgan fingerprint density at radius 2 is 2.03 bits per heavy atom. The van der Waals surface area contributed by atoms with Crippen LogP contribution in [0.4, 0.5) is 5.13 Å². The molecule has 31 heavy (non-hydrogen) atoms. The molecule has 0 saturated carbocycles. The van der Waals surface area contributed by atoms with Crippen molar-refractivity contribution < 1.29 is 9.53 Å². The number of nitrogens with zero attached hydrogens (tertiary/aromatic N) is 4. The minimum atomic E-state index is -0.381. The standard InChI is InChI=1S/C22H19N5O2S2/c1-12-10-19-25-26-22(27(19)17-7-5-4-6-15(12)17)30-13(2)20(28)24-21-23-16-9-8-14(29-3)11-18(16)31-21/h4-11,13H,1-3H3,(H,23,24,28). The van der Waals surface area contributed by atoms with E-state index in [1.54, 1.807) is 7.11 Å². The largest absolute Gasteiger partial charge is 0.497 e. The highest BCUT2D eigenvalue weighted by Crippen LogP contribution is 2.31. The lowest BCUT2D eigenvalue weighted by molar-refractivity contribution is -0.115. The maximum atomic E-state index is 12.8. The number of amides is 1. The number of pyridine rings is 1. The van der Waals surface area contributed by atoms with Gasteiger partial charge in [-0.25, -0.2) is 4.98 Å². The number of hydrogen-bond acceptors (Lipinski definition) is 7. The Morgan fingerprint density at radius 3 is 2.87 bits per heavy atom. The van der Waals surface area contributed by atoms with Crippen molar-refractivity contribution in [2.24, 2.45) is 0 Å². The van der Waals surface area contributed by atoms with E-state index in [2.05, 4.69) is 33.5 Å². The lowest BCUT2D eigenvalue weighted by atomic mass is 10.1. The van der Waals surface area contributed by atoms with E-state index >= 15 is 0 Å². The number of carbonyl (C=O) groups is 1. The monoisotopic (exact) mass is 449 g/mol. The summed E-state index contributed by atoms with van der Waals surface area (Å²) in [6.45, 7) is 3.92. The number of rotatable bonds is 5. The maximum Gasteiger partial charge on any atom is 0.239 e. The highest BCUT2D eigenvalue weighted by atomic mass is 32.2. The molecule has 0 fully saturated rings. The number of hydrogen-bond donors (Lipinski definition) is 1. The second kappa shape index (κ2) is 7.82. The number of aromatic nitrogens is 4. The summed E-state index contributed by atoms with van der Waals surface area (Å²) in [6, 6.07) is 15.8. The van der Waals surface area contributed by atoms with E-state index in [4.69, 9.17) is 4.74 Å². The lowest BCUT2D eigenvalue weighted by Crippen LogP contribution is -2.22. The number of ether oxygens (including phenoxy) is 1. The molecular weight excluding hydrogens is 430 g/mol. The number of thioether (sulfide) groups is 1. The summed E-state index contributed by atoms with van der Waals surface area (Å²) in [4.78, 5) is 17.3. The number of aryl methyl sites for hydroxylation is 1. The topological polar surface area (TPSA) is 81.4 Å². The molecule has 1 unspecified atom stereocenters. The summed E-state index contributed by atoms with van der Waals surface area (Å²) in [5.74, 6) is 0.628. The summed E-state index contributed by atoms with van der Waals surface area (Å²) in [7, 11) is 1.63. The molecule has 7 nitrogen and oxygen atoms in total. The van der Waals surface area contributed by atoms with Crippen molar-refractivity contribution in [3.05, 3.63) is 54.1 Å². The Hall–Kier alpha value is -3.17. The van der Waals surface area contributed by atoms with Gasteiger partial charge in [0, 0.05) is 5.39 Å². The first-order chi connectivity index (χ1) is 15.0. The van der Waals surface area contributed by atoms with E-state index in [1.165, 1.54) is 23.1 Å². The molecule has 1 atom stereocenters. The molecule has 0 radical (unpaired) electrons. The highest BCUT2D eigenvalue weighted by molar-refractivity contribution is 8.00. The number of benzene rings is 2. The first-order valence-corrected chi connectivity index (χ1v) is 11.4. The van der Waals surface area contributed by atoms with E-state index in [9.17, 15) is 4.79 Å². The normalized spacial score (nSPS) is 12.5. The molecule has 3 aromatic heterocycles. The molecule has 5 rings (SSSR count). The number of carbonyl (C=O) groups excluding carboxylic acids is 1. The summed E-state index contributed by atoms with van der Waals surface area (Å²) in [5, 5.41) is 13.6. The van der Waals surface area contributed by atoms with Crippen LogP contribution in [0.1, 0.15) is 12.5 Å². The molecule has 0 aliphatic carbocycles. The number of anilines is 1. The highest BCUT2D eigenvalue weighted by Gasteiger charge is 2.20. The second-order valence-corrected chi connectivity index (χ2v) is 9.46. The molecule has 9 heteroatoms. The average molecular weight is 450 g/mol. The fraction of sp³-hybridized carbons (Fsp3) is 0.182. The minimum absolute atomic E-state index is 0.135. The van der Waals surface area contributed by atoms with Gasteiger partial charge in [-0.15, -0.1) is 10.2 Å². The lowest BCUT2D eigenvalue weighted by Gasteiger charge is -2.11. The first kappa shape index (κ1) is 19.8. The van der Waals surface area contributed by atoms with Crippen LogP contribution in [0.2, 0.25) is 0 Å². The molecule has 3 heterocycles. The van der Waals surface area contributed by atoms with E-state index in [0.717, 1.165) is 38.1 Å². The van der Waals surface area contributed by atoms with Gasteiger partial charge in [-0.05, 0) is 49.7 Å². The number of thiazole rings is 1. The Balaban J connectivity index is 1.40. The van der Waals surface area contributed by atoms with Crippen LogP contribution < -0.4 is 10.1 Å². The molecule has 0 spiro atoms. The van der Waals surface area contributed by atoms with Gasteiger partial charge in [0.05, 0.1) is 28.1 Å². The first-order valence-electron chi connectivity index (χ1n) is 9.69. The average Bonchev–Trinajstić information content (AvgIpc) is 3.36. The van der Waals surface area contributed by atoms with E-state index < -0.39 is 0 Å². The van der Waals surface area contributed by atoms with Crippen molar-refractivity contribution in [2.45, 2.75) is 24.3 Å². The van der Waals surface area contributed by atoms with Gasteiger partial charge in [0.15, 0.2) is 15.9 Å². The van der Waals surface area contributed by atoms with Gasteiger partial charge >= 0.3 is 0 Å². The van der Waals surface area contributed by atoms with Crippen LogP contribution in [-0.4, -0.2) is 37.8 Å². The molecule has 0 aliphatic heterocycles. The van der Waals surface area contributed by atoms with Gasteiger partial charge in [0.2, 0.25) is 5.91 Å². The Bertz CT molecular complexity index is 1440. The number of methoxy groups -OCH3 is 1. The Kier molecular flexibility index (Phi) is 4.99. The fourth-order valence-corrected chi connectivity index (χ4v) is 5.22. The second-order valence-electron chi connectivity index (χ2n) is 7.12. The molecule has 1 amide bonds. The molecule has 0 aliphatic rings. The number of nitrogens with one attached hydrogen (secondary N) is 1. The van der Waals surface area contributed by atoms with Crippen LogP contribution >= 0.6 is 23.1 Å². The van der Waals surface area contributed by atoms with Gasteiger partial charge in [-0.2, -0.15) is 0 Å². The fourth-order valence-electron chi connectivity index (χ4n) is 3.46. The van der Waals surface area contributed by atoms with Crippen LogP contribution in [0, 0.1) is 6.92 Å². The van der Waals surface area contributed by atoms with Crippen LogP contribution in [0.15, 0.2) is 53.7 Å².